The van der Waals surface area contributed by atoms with E-state index in [0.29, 0.717) is 5.52 Å². The van der Waals surface area contributed by atoms with Gasteiger partial charge in [-0.25, -0.2) is 9.37 Å². The molecule has 0 radical (unpaired) electrons. The van der Waals surface area contributed by atoms with Crippen LogP contribution in [0, 0.1) is 5.82 Å². The van der Waals surface area contributed by atoms with Crippen LogP contribution < -0.4 is 5.56 Å². The number of hydrogen-bond acceptors (Lipinski definition) is 2. The third-order valence-electron chi connectivity index (χ3n) is 3.34. The number of aromatic nitrogens is 2. The van der Waals surface area contributed by atoms with Crippen molar-refractivity contribution < 1.29 is 4.39 Å². The summed E-state index contributed by atoms with van der Waals surface area (Å²) in [5.74, 6) is 0.325. The standard InChI is InChI=1S/C14H15FN2O/c1-2-4-12-16-11-6-3-5-10(15)13(11)14(18)17(12)9-7-8-9/h3,5-6,9H,2,4,7-8H2,1H3. The fourth-order valence-corrected chi connectivity index (χ4v) is 2.36. The summed E-state index contributed by atoms with van der Waals surface area (Å²) < 4.78 is 15.5. The molecule has 1 aliphatic carbocycles. The van der Waals surface area contributed by atoms with Crippen molar-refractivity contribution in [1.82, 2.24) is 9.55 Å². The van der Waals surface area contributed by atoms with E-state index >= 15 is 0 Å². The molecule has 1 aromatic carbocycles. The highest BCUT2D eigenvalue weighted by atomic mass is 19.1. The van der Waals surface area contributed by atoms with E-state index in [4.69, 9.17) is 0 Å². The monoisotopic (exact) mass is 246 g/mol. The number of benzene rings is 1. The van der Waals surface area contributed by atoms with Crippen LogP contribution in [0.2, 0.25) is 0 Å². The number of aryl methyl sites for hydroxylation is 1. The first-order valence-electron chi connectivity index (χ1n) is 6.42. The number of hydrogen-bond donors (Lipinski definition) is 0. The highest BCUT2D eigenvalue weighted by molar-refractivity contribution is 5.78. The Hall–Kier alpha value is -1.71. The molecule has 0 spiro atoms. The van der Waals surface area contributed by atoms with Crippen molar-refractivity contribution in [2.24, 2.45) is 0 Å². The molecule has 0 N–H and O–H groups in total. The normalized spacial score (nSPS) is 15.2. The van der Waals surface area contributed by atoms with Crippen molar-refractivity contribution in [2.75, 3.05) is 0 Å². The van der Waals surface area contributed by atoms with Crippen molar-refractivity contribution in [3.63, 3.8) is 0 Å². The first kappa shape index (κ1) is 11.4. The van der Waals surface area contributed by atoms with Crippen LogP contribution in [-0.2, 0) is 6.42 Å². The van der Waals surface area contributed by atoms with E-state index in [-0.39, 0.29) is 17.0 Å². The molecule has 1 aliphatic rings. The van der Waals surface area contributed by atoms with E-state index in [2.05, 4.69) is 11.9 Å². The maximum Gasteiger partial charge on any atom is 0.264 e. The zero-order valence-electron chi connectivity index (χ0n) is 10.3. The summed E-state index contributed by atoms with van der Waals surface area (Å²) in [5.41, 5.74) is 0.254. The number of fused-ring (bicyclic) bond motifs is 1. The zero-order chi connectivity index (χ0) is 12.7. The summed E-state index contributed by atoms with van der Waals surface area (Å²) in [6.07, 6.45) is 3.69. The van der Waals surface area contributed by atoms with Gasteiger partial charge >= 0.3 is 0 Å². The second-order valence-corrected chi connectivity index (χ2v) is 4.82. The average Bonchev–Trinajstić information content (AvgIpc) is 3.13. The van der Waals surface area contributed by atoms with Gasteiger partial charge in [-0.2, -0.15) is 0 Å². The van der Waals surface area contributed by atoms with Gasteiger partial charge in [0.1, 0.15) is 17.0 Å². The van der Waals surface area contributed by atoms with Gasteiger partial charge in [0, 0.05) is 12.5 Å². The van der Waals surface area contributed by atoms with E-state index in [1.807, 2.05) is 0 Å². The summed E-state index contributed by atoms with van der Waals surface area (Å²) in [4.78, 5) is 16.9. The Labute approximate surface area is 104 Å². The van der Waals surface area contributed by atoms with Gasteiger partial charge in [-0.1, -0.05) is 13.0 Å². The van der Waals surface area contributed by atoms with Crippen LogP contribution in [0.5, 0.6) is 0 Å². The lowest BCUT2D eigenvalue weighted by Gasteiger charge is -2.12. The van der Waals surface area contributed by atoms with Gasteiger partial charge in [-0.15, -0.1) is 0 Å². The molecule has 0 unspecified atom stereocenters. The Balaban J connectivity index is 2.34. The van der Waals surface area contributed by atoms with Crippen LogP contribution in [-0.4, -0.2) is 9.55 Å². The molecule has 1 fully saturated rings. The minimum absolute atomic E-state index is 0.129. The van der Waals surface area contributed by atoms with Gasteiger partial charge in [0.2, 0.25) is 0 Å². The summed E-state index contributed by atoms with van der Waals surface area (Å²) in [5, 5.41) is 0.129. The Morgan fingerprint density at radius 3 is 2.89 bits per heavy atom. The van der Waals surface area contributed by atoms with Crippen molar-refractivity contribution >= 4 is 10.9 Å². The molecule has 0 aliphatic heterocycles. The first-order valence-corrected chi connectivity index (χ1v) is 6.42. The van der Waals surface area contributed by atoms with Crippen molar-refractivity contribution in [3.05, 3.63) is 40.2 Å². The third kappa shape index (κ3) is 1.72. The number of halogens is 1. The summed E-state index contributed by atoms with van der Waals surface area (Å²) in [6.45, 7) is 2.05. The Morgan fingerprint density at radius 1 is 1.44 bits per heavy atom. The lowest BCUT2D eigenvalue weighted by Crippen LogP contribution is -2.25. The summed E-state index contributed by atoms with van der Waals surface area (Å²) >= 11 is 0. The van der Waals surface area contributed by atoms with E-state index < -0.39 is 5.82 Å². The van der Waals surface area contributed by atoms with Crippen molar-refractivity contribution in [2.45, 2.75) is 38.6 Å². The van der Waals surface area contributed by atoms with Gasteiger partial charge in [0.05, 0.1) is 5.52 Å². The van der Waals surface area contributed by atoms with Gasteiger partial charge in [0.15, 0.2) is 0 Å². The lowest BCUT2D eigenvalue weighted by molar-refractivity contribution is 0.612. The van der Waals surface area contributed by atoms with Crippen LogP contribution in [0.3, 0.4) is 0 Å². The van der Waals surface area contributed by atoms with Crippen molar-refractivity contribution in [1.29, 1.82) is 0 Å². The second-order valence-electron chi connectivity index (χ2n) is 4.82. The fraction of sp³-hybridized carbons (Fsp3) is 0.429. The SMILES string of the molecule is CCCc1nc2cccc(F)c2c(=O)n1C1CC1. The molecule has 3 rings (SSSR count). The van der Waals surface area contributed by atoms with Crippen LogP contribution in [0.1, 0.15) is 38.1 Å². The number of nitrogens with zero attached hydrogens (tertiary/aromatic N) is 2. The molecule has 1 saturated carbocycles. The quantitative estimate of drug-likeness (QED) is 0.834. The van der Waals surface area contributed by atoms with Gasteiger partial charge < -0.3 is 0 Å². The van der Waals surface area contributed by atoms with Gasteiger partial charge in [-0.3, -0.25) is 9.36 Å². The molecule has 94 valence electrons. The second kappa shape index (κ2) is 4.19. The summed E-state index contributed by atoms with van der Waals surface area (Å²) in [6, 6.07) is 4.86. The minimum atomic E-state index is -0.470. The Kier molecular flexibility index (Phi) is 2.65. The summed E-state index contributed by atoms with van der Waals surface area (Å²) in [7, 11) is 0. The molecular formula is C14H15FN2O. The van der Waals surface area contributed by atoms with E-state index in [9.17, 15) is 9.18 Å². The number of rotatable bonds is 3. The molecular weight excluding hydrogens is 231 g/mol. The average molecular weight is 246 g/mol. The molecule has 0 saturated heterocycles. The van der Waals surface area contributed by atoms with Gasteiger partial charge in [0.25, 0.3) is 5.56 Å². The fourth-order valence-electron chi connectivity index (χ4n) is 2.36. The van der Waals surface area contributed by atoms with E-state index in [1.54, 1.807) is 16.7 Å². The molecule has 0 amide bonds. The smallest absolute Gasteiger partial charge is 0.264 e. The maximum atomic E-state index is 13.8. The topological polar surface area (TPSA) is 34.9 Å². The zero-order valence-corrected chi connectivity index (χ0v) is 10.3. The lowest BCUT2D eigenvalue weighted by atomic mass is 10.2. The van der Waals surface area contributed by atoms with Gasteiger partial charge in [-0.05, 0) is 31.4 Å². The van der Waals surface area contributed by atoms with E-state index in [1.165, 1.54) is 6.07 Å². The molecule has 18 heavy (non-hydrogen) atoms. The molecule has 3 nitrogen and oxygen atoms in total. The van der Waals surface area contributed by atoms with Crippen LogP contribution >= 0.6 is 0 Å². The van der Waals surface area contributed by atoms with Crippen LogP contribution in [0.15, 0.2) is 23.0 Å². The third-order valence-corrected chi connectivity index (χ3v) is 3.34. The molecule has 4 heteroatoms. The first-order chi connectivity index (χ1) is 8.72. The predicted molar refractivity (Wildman–Crippen MR) is 68.2 cm³/mol. The minimum Gasteiger partial charge on any atom is -0.293 e. The van der Waals surface area contributed by atoms with Crippen LogP contribution in [0.25, 0.3) is 10.9 Å². The maximum absolute atomic E-state index is 13.8. The highest BCUT2D eigenvalue weighted by Gasteiger charge is 2.28. The molecule has 2 aromatic rings. The Bertz CT molecular complexity index is 659. The predicted octanol–water partition coefficient (Wildman–Crippen LogP) is 2.82. The molecule has 1 aromatic heterocycles. The van der Waals surface area contributed by atoms with Crippen molar-refractivity contribution in [3.8, 4) is 0 Å². The van der Waals surface area contributed by atoms with Crippen LogP contribution in [0.4, 0.5) is 4.39 Å². The Morgan fingerprint density at radius 2 is 2.22 bits per heavy atom. The molecule has 0 atom stereocenters. The highest BCUT2D eigenvalue weighted by Crippen LogP contribution is 2.35. The van der Waals surface area contributed by atoms with E-state index in [0.717, 1.165) is 31.5 Å². The molecule has 1 heterocycles. The largest absolute Gasteiger partial charge is 0.293 e. The molecule has 0 bridgehead atoms.